The smallest absolute Gasteiger partial charge is 0.362 e. The van der Waals surface area contributed by atoms with Crippen molar-refractivity contribution in [2.24, 2.45) is 0 Å². The predicted molar refractivity (Wildman–Crippen MR) is 202 cm³/mol. The van der Waals surface area contributed by atoms with E-state index in [0.29, 0.717) is 82.9 Å². The first-order chi connectivity index (χ1) is 25.6. The number of likely N-dealkylation sites (N-methyl/N-ethyl adjacent to an activating group) is 2. The summed E-state index contributed by atoms with van der Waals surface area (Å²) in [6.07, 6.45) is 3.60. The minimum atomic E-state index is -0.823. The molecule has 4 aliphatic rings. The van der Waals surface area contributed by atoms with Gasteiger partial charge in [-0.05, 0) is 98.0 Å². The monoisotopic (exact) mass is 723 g/mol. The van der Waals surface area contributed by atoms with E-state index in [1.807, 2.05) is 25.1 Å². The Balaban J connectivity index is 1.50. The lowest BCUT2D eigenvalue weighted by atomic mass is 9.85. The summed E-state index contributed by atoms with van der Waals surface area (Å²) in [5.74, 6) is 4.08. The van der Waals surface area contributed by atoms with Gasteiger partial charge in [-0.25, -0.2) is 4.79 Å². The van der Waals surface area contributed by atoms with Crippen LogP contribution in [0.3, 0.4) is 0 Å². The van der Waals surface area contributed by atoms with Crippen molar-refractivity contribution in [2.75, 3.05) is 55.1 Å². The van der Waals surface area contributed by atoms with E-state index >= 15 is 0 Å². The molecule has 4 aromatic carbocycles. The van der Waals surface area contributed by atoms with Crippen LogP contribution in [0.15, 0.2) is 60.7 Å². The molecule has 4 unspecified atom stereocenters. The molecular weight excluding hydrogens is 672 g/mol. The Hall–Kier alpha value is -4.93. The Bertz CT molecular complexity index is 2000. The number of hydrogen-bond donors (Lipinski definition) is 1. The van der Waals surface area contributed by atoms with Crippen LogP contribution in [0.5, 0.6) is 46.0 Å². The van der Waals surface area contributed by atoms with Gasteiger partial charge in [-0.3, -0.25) is 4.90 Å². The quantitative estimate of drug-likeness (QED) is 0.182. The summed E-state index contributed by atoms with van der Waals surface area (Å²) in [6, 6.07) is 19.5. The van der Waals surface area contributed by atoms with Gasteiger partial charge in [0.15, 0.2) is 40.5 Å². The molecule has 0 amide bonds. The van der Waals surface area contributed by atoms with E-state index in [1.165, 1.54) is 0 Å². The summed E-state index contributed by atoms with van der Waals surface area (Å²) in [4.78, 5) is 15.0. The third kappa shape index (κ3) is 6.74. The van der Waals surface area contributed by atoms with Crippen molar-refractivity contribution in [3.63, 3.8) is 0 Å². The van der Waals surface area contributed by atoms with Crippen molar-refractivity contribution >= 4 is 5.97 Å². The normalized spacial score (nSPS) is 21.2. The van der Waals surface area contributed by atoms with Gasteiger partial charge in [0, 0.05) is 36.6 Å². The molecule has 4 aliphatic heterocycles. The van der Waals surface area contributed by atoms with E-state index in [4.69, 9.17) is 28.4 Å². The number of aliphatic carboxylic acids is 1. The molecule has 10 heteroatoms. The number of quaternary nitrogens is 1. The first-order valence-corrected chi connectivity index (χ1v) is 18.5. The largest absolute Gasteiger partial charge is 0.493 e. The molecule has 4 heterocycles. The highest BCUT2D eigenvalue weighted by Crippen LogP contribution is 2.52. The zero-order valence-electron chi connectivity index (χ0n) is 31.9. The fourth-order valence-corrected chi connectivity index (χ4v) is 8.34. The summed E-state index contributed by atoms with van der Waals surface area (Å²) in [6.45, 7) is 5.89. The van der Waals surface area contributed by atoms with Gasteiger partial charge in [0.05, 0.1) is 41.5 Å². The van der Waals surface area contributed by atoms with E-state index in [2.05, 4.69) is 68.4 Å². The number of benzene rings is 4. The third-order valence-corrected chi connectivity index (χ3v) is 11.6. The molecule has 0 aromatic heterocycles. The molecule has 0 radical (unpaired) electrons. The zero-order chi connectivity index (χ0) is 37.4. The van der Waals surface area contributed by atoms with Crippen molar-refractivity contribution in [3.8, 4) is 46.0 Å². The second-order valence-electron chi connectivity index (χ2n) is 14.7. The molecular formula is C43H51N2O8+. The molecule has 1 N–H and O–H groups in total. The van der Waals surface area contributed by atoms with Crippen LogP contribution in [0.25, 0.3) is 0 Å². The van der Waals surface area contributed by atoms with Gasteiger partial charge in [0.25, 0.3) is 0 Å². The Kier molecular flexibility index (Phi) is 10.2. The predicted octanol–water partition coefficient (Wildman–Crippen LogP) is 7.93. The van der Waals surface area contributed by atoms with E-state index in [-0.39, 0.29) is 12.1 Å². The highest BCUT2D eigenvalue weighted by atomic mass is 16.6. The van der Waals surface area contributed by atoms with Gasteiger partial charge >= 0.3 is 5.97 Å². The fraction of sp³-hybridized carbons (Fsp3) is 0.419. The van der Waals surface area contributed by atoms with Crippen molar-refractivity contribution in [1.29, 1.82) is 0 Å². The minimum Gasteiger partial charge on any atom is -0.493 e. The van der Waals surface area contributed by atoms with Crippen LogP contribution in [0, 0.1) is 0 Å². The fourth-order valence-electron chi connectivity index (χ4n) is 8.34. The topological polar surface area (TPSA) is 95.9 Å². The lowest BCUT2D eigenvalue weighted by molar-refractivity contribution is -0.954. The average molecular weight is 724 g/mol. The number of nitrogens with zero attached hydrogens (tertiary/aromatic N) is 2. The maximum atomic E-state index is 12.7. The van der Waals surface area contributed by atoms with Gasteiger partial charge in [0.1, 0.15) is 11.8 Å². The zero-order valence-corrected chi connectivity index (χ0v) is 31.9. The highest BCUT2D eigenvalue weighted by Gasteiger charge is 2.46. The van der Waals surface area contributed by atoms with E-state index < -0.39 is 12.0 Å². The molecule has 0 aliphatic carbocycles. The van der Waals surface area contributed by atoms with Crippen LogP contribution >= 0.6 is 0 Å². The van der Waals surface area contributed by atoms with Crippen LogP contribution < -0.4 is 28.4 Å². The first-order valence-electron chi connectivity index (χ1n) is 18.5. The van der Waals surface area contributed by atoms with Gasteiger partial charge in [-0.15, -0.1) is 0 Å². The maximum absolute atomic E-state index is 12.7. The van der Waals surface area contributed by atoms with Crippen LogP contribution in [-0.2, 0) is 30.5 Å². The van der Waals surface area contributed by atoms with Crippen LogP contribution in [0.4, 0.5) is 0 Å². The van der Waals surface area contributed by atoms with Crippen LogP contribution in [-0.4, -0.2) is 81.6 Å². The SMILES string of the molecule is CCCOc1c(OC)cc2c3c1Oc1cc4c(cc1OC)CC[N+](C)(C(C)C(=O)O)C4Cc1ccc(cc1)Oc1cc(ccc1OC)CC3N(C)CC2. The van der Waals surface area contributed by atoms with Gasteiger partial charge < -0.3 is 38.0 Å². The molecule has 4 aromatic rings. The van der Waals surface area contributed by atoms with E-state index in [9.17, 15) is 9.90 Å². The van der Waals surface area contributed by atoms with Crippen molar-refractivity contribution < 1.29 is 42.8 Å². The van der Waals surface area contributed by atoms with E-state index in [1.54, 1.807) is 21.3 Å². The number of ether oxygens (including phenoxy) is 6. The minimum absolute atomic E-state index is 0.0733. The van der Waals surface area contributed by atoms with Crippen LogP contribution in [0.2, 0.25) is 0 Å². The molecule has 0 saturated heterocycles. The number of carbonyl (C=O) groups is 1. The number of fused-ring (bicyclic) bond motifs is 2. The second kappa shape index (κ2) is 14.8. The average Bonchev–Trinajstić information content (AvgIpc) is 3.16. The Morgan fingerprint density at radius 1 is 0.887 bits per heavy atom. The summed E-state index contributed by atoms with van der Waals surface area (Å²) < 4.78 is 38.3. The Morgan fingerprint density at radius 3 is 2.28 bits per heavy atom. The summed E-state index contributed by atoms with van der Waals surface area (Å²) in [5.41, 5.74) is 6.50. The first kappa shape index (κ1) is 36.4. The standard InChI is InChI=1S/C43H50N2O8/c1-8-19-51-41-39(50-7)24-30-15-17-44(3)33-20-28-11-14-35(48-5)37(22-28)52-31-12-9-27(10-13-31)21-34-32-25-38(53-42(41)40(30)33)36(49-6)23-29(32)16-18-45(34,4)26(2)43(46)47/h9-14,22-26,33-34H,8,15-21H2,1-7H3/p+1. The summed E-state index contributed by atoms with van der Waals surface area (Å²) >= 11 is 0. The summed E-state index contributed by atoms with van der Waals surface area (Å²) in [7, 11) is 9.19. The second-order valence-corrected chi connectivity index (χ2v) is 14.7. The van der Waals surface area contributed by atoms with Crippen molar-refractivity contribution in [2.45, 2.75) is 64.1 Å². The molecule has 0 spiro atoms. The molecule has 4 atom stereocenters. The molecule has 6 bridgehead atoms. The molecule has 0 fully saturated rings. The Labute approximate surface area is 312 Å². The lowest BCUT2D eigenvalue weighted by Gasteiger charge is -2.48. The van der Waals surface area contributed by atoms with Crippen molar-refractivity contribution in [1.82, 2.24) is 4.90 Å². The molecule has 8 rings (SSSR count). The van der Waals surface area contributed by atoms with Crippen molar-refractivity contribution in [3.05, 3.63) is 94.0 Å². The number of methoxy groups -OCH3 is 3. The van der Waals surface area contributed by atoms with Crippen LogP contribution in [0.1, 0.15) is 65.7 Å². The van der Waals surface area contributed by atoms with Gasteiger partial charge in [-0.2, -0.15) is 0 Å². The Morgan fingerprint density at radius 2 is 1.58 bits per heavy atom. The molecule has 10 nitrogen and oxygen atoms in total. The molecule has 53 heavy (non-hydrogen) atoms. The van der Waals surface area contributed by atoms with Gasteiger partial charge in [0.2, 0.25) is 5.75 Å². The third-order valence-electron chi connectivity index (χ3n) is 11.6. The number of hydrogen-bond acceptors (Lipinski definition) is 8. The lowest BCUT2D eigenvalue weighted by Crippen LogP contribution is -2.59. The van der Waals surface area contributed by atoms with E-state index in [0.717, 1.165) is 52.8 Å². The van der Waals surface area contributed by atoms with Gasteiger partial charge in [-0.1, -0.05) is 25.1 Å². The maximum Gasteiger partial charge on any atom is 0.362 e. The highest BCUT2D eigenvalue weighted by molar-refractivity contribution is 5.71. The molecule has 0 saturated carbocycles. The summed E-state index contributed by atoms with van der Waals surface area (Å²) in [5, 5.41) is 10.4. The number of carboxylic acid groups (broad SMARTS) is 1. The number of rotatable bonds is 8. The number of carboxylic acids is 1. The molecule has 280 valence electrons.